The highest BCUT2D eigenvalue weighted by Gasteiger charge is 2.14. The summed E-state index contributed by atoms with van der Waals surface area (Å²) in [5.41, 5.74) is 2.90. The van der Waals surface area contributed by atoms with E-state index in [0.717, 1.165) is 16.8 Å². The Balaban J connectivity index is 2.12. The first-order valence-electron chi connectivity index (χ1n) is 6.64. The molecule has 21 heavy (non-hydrogen) atoms. The molecule has 3 rings (SSSR count). The van der Waals surface area contributed by atoms with Gasteiger partial charge in [0, 0.05) is 11.9 Å². The quantitative estimate of drug-likeness (QED) is 0.771. The molecule has 5 heteroatoms. The zero-order valence-electron chi connectivity index (χ0n) is 11.6. The van der Waals surface area contributed by atoms with Crippen molar-refractivity contribution >= 4 is 0 Å². The van der Waals surface area contributed by atoms with E-state index >= 15 is 0 Å². The molecule has 2 aromatic heterocycles. The monoisotopic (exact) mass is 281 g/mol. The lowest BCUT2D eigenvalue weighted by Crippen LogP contribution is -2.16. The molecule has 0 saturated carbocycles. The van der Waals surface area contributed by atoms with Gasteiger partial charge in [0.2, 0.25) is 0 Å². The maximum absolute atomic E-state index is 12.6. The number of H-pyrrole nitrogens is 1. The maximum atomic E-state index is 12.6. The Morgan fingerprint density at radius 3 is 2.57 bits per heavy atom. The number of aliphatic hydroxyl groups is 1. The molecule has 0 spiro atoms. The fraction of sp³-hybridized carbons (Fsp3) is 0.125. The molecule has 106 valence electrons. The Hall–Kier alpha value is -2.66. The van der Waals surface area contributed by atoms with E-state index < -0.39 is 0 Å². The normalized spacial score (nSPS) is 10.8. The number of rotatable bonds is 3. The summed E-state index contributed by atoms with van der Waals surface area (Å²) in [5.74, 6) is 0.559. The van der Waals surface area contributed by atoms with Gasteiger partial charge in [0.25, 0.3) is 5.56 Å². The first-order chi connectivity index (χ1) is 10.2. The van der Waals surface area contributed by atoms with Crippen LogP contribution >= 0.6 is 0 Å². The second-order valence-corrected chi connectivity index (χ2v) is 4.80. The van der Waals surface area contributed by atoms with E-state index in [1.807, 2.05) is 37.3 Å². The number of nitrogens with one attached hydrogen (secondary N) is 1. The van der Waals surface area contributed by atoms with Gasteiger partial charge in [-0.25, -0.2) is 9.67 Å². The Morgan fingerprint density at radius 1 is 1.19 bits per heavy atom. The molecule has 0 saturated heterocycles. The third kappa shape index (κ3) is 2.39. The van der Waals surface area contributed by atoms with Crippen LogP contribution in [0.4, 0.5) is 0 Å². The second-order valence-electron chi connectivity index (χ2n) is 4.80. The van der Waals surface area contributed by atoms with Crippen molar-refractivity contribution in [2.45, 2.75) is 13.5 Å². The number of aromatic amines is 1. The molecule has 5 nitrogen and oxygen atoms in total. The summed E-state index contributed by atoms with van der Waals surface area (Å²) >= 11 is 0. The van der Waals surface area contributed by atoms with Crippen LogP contribution < -0.4 is 5.56 Å². The molecule has 0 aliphatic carbocycles. The SMILES string of the molecule is Cc1[nH]n(-c2ccccn2)c(=O)c1-c1ccc(CO)cc1. The standard InChI is InChI=1S/C16H15N3O2/c1-11-15(13-7-5-12(10-20)6-8-13)16(21)19(18-11)14-4-2-3-9-17-14/h2-9,18,20H,10H2,1H3. The van der Waals surface area contributed by atoms with Crippen LogP contribution in [0.1, 0.15) is 11.3 Å². The molecule has 0 aliphatic heterocycles. The number of hydrogen-bond donors (Lipinski definition) is 2. The maximum Gasteiger partial charge on any atom is 0.280 e. The lowest BCUT2D eigenvalue weighted by Gasteiger charge is -2.00. The Morgan fingerprint density at radius 2 is 1.95 bits per heavy atom. The van der Waals surface area contributed by atoms with Crippen LogP contribution in [0.3, 0.4) is 0 Å². The summed E-state index contributed by atoms with van der Waals surface area (Å²) in [6.45, 7) is 1.85. The number of hydrogen-bond acceptors (Lipinski definition) is 3. The van der Waals surface area contributed by atoms with E-state index in [2.05, 4.69) is 10.1 Å². The van der Waals surface area contributed by atoms with E-state index in [0.29, 0.717) is 11.4 Å². The van der Waals surface area contributed by atoms with Crippen LogP contribution in [-0.2, 0) is 6.61 Å². The zero-order chi connectivity index (χ0) is 14.8. The van der Waals surface area contributed by atoms with Gasteiger partial charge in [-0.05, 0) is 30.2 Å². The summed E-state index contributed by atoms with van der Waals surface area (Å²) in [5, 5.41) is 12.1. The molecular formula is C16H15N3O2. The van der Waals surface area contributed by atoms with Crippen LogP contribution in [0.2, 0.25) is 0 Å². The topological polar surface area (TPSA) is 70.9 Å². The predicted octanol–water partition coefficient (Wildman–Crippen LogP) is 2.03. The molecule has 0 atom stereocenters. The third-order valence-corrected chi connectivity index (χ3v) is 3.38. The Bertz CT molecular complexity index is 802. The summed E-state index contributed by atoms with van der Waals surface area (Å²) < 4.78 is 1.44. The van der Waals surface area contributed by atoms with Gasteiger partial charge in [-0.1, -0.05) is 30.3 Å². The predicted molar refractivity (Wildman–Crippen MR) is 80.3 cm³/mol. The Labute approximate surface area is 121 Å². The van der Waals surface area contributed by atoms with Crippen molar-refractivity contribution in [3.05, 3.63) is 70.3 Å². The molecule has 0 unspecified atom stereocenters. The number of nitrogens with zero attached hydrogens (tertiary/aromatic N) is 2. The lowest BCUT2D eigenvalue weighted by molar-refractivity contribution is 0.282. The van der Waals surface area contributed by atoms with Crippen LogP contribution in [-0.4, -0.2) is 19.9 Å². The van der Waals surface area contributed by atoms with Crippen molar-refractivity contribution in [3.63, 3.8) is 0 Å². The molecular weight excluding hydrogens is 266 g/mol. The van der Waals surface area contributed by atoms with Crippen molar-refractivity contribution in [2.75, 3.05) is 0 Å². The first-order valence-corrected chi connectivity index (χ1v) is 6.64. The fourth-order valence-electron chi connectivity index (χ4n) is 2.31. The van der Waals surface area contributed by atoms with Crippen molar-refractivity contribution in [1.29, 1.82) is 0 Å². The van der Waals surface area contributed by atoms with E-state index in [4.69, 9.17) is 5.11 Å². The molecule has 1 aromatic carbocycles. The van der Waals surface area contributed by atoms with Crippen LogP contribution in [0.15, 0.2) is 53.5 Å². The number of aromatic nitrogens is 3. The van der Waals surface area contributed by atoms with Gasteiger partial charge in [-0.15, -0.1) is 0 Å². The highest BCUT2D eigenvalue weighted by molar-refractivity contribution is 5.65. The van der Waals surface area contributed by atoms with E-state index in [1.54, 1.807) is 18.3 Å². The minimum Gasteiger partial charge on any atom is -0.392 e. The summed E-state index contributed by atoms with van der Waals surface area (Å²) in [7, 11) is 0. The van der Waals surface area contributed by atoms with Gasteiger partial charge in [0.05, 0.1) is 12.2 Å². The molecule has 0 amide bonds. The Kier molecular flexibility index (Phi) is 3.41. The molecule has 2 heterocycles. The summed E-state index contributed by atoms with van der Waals surface area (Å²) in [6, 6.07) is 12.7. The van der Waals surface area contributed by atoms with Gasteiger partial charge in [0.1, 0.15) is 0 Å². The van der Waals surface area contributed by atoms with Crippen LogP contribution in [0.25, 0.3) is 16.9 Å². The van der Waals surface area contributed by atoms with Gasteiger partial charge >= 0.3 is 0 Å². The van der Waals surface area contributed by atoms with Crippen molar-refractivity contribution in [3.8, 4) is 16.9 Å². The molecule has 0 aliphatic rings. The average molecular weight is 281 g/mol. The molecule has 0 bridgehead atoms. The third-order valence-electron chi connectivity index (χ3n) is 3.38. The van der Waals surface area contributed by atoms with Gasteiger partial charge in [-0.2, -0.15) is 0 Å². The fourth-order valence-corrected chi connectivity index (χ4v) is 2.31. The minimum absolute atomic E-state index is 0.00936. The number of aliphatic hydroxyl groups excluding tert-OH is 1. The van der Waals surface area contributed by atoms with Crippen LogP contribution in [0.5, 0.6) is 0 Å². The van der Waals surface area contributed by atoms with Crippen molar-refractivity contribution in [2.24, 2.45) is 0 Å². The number of aryl methyl sites for hydroxylation is 1. The highest BCUT2D eigenvalue weighted by Crippen LogP contribution is 2.20. The largest absolute Gasteiger partial charge is 0.392 e. The van der Waals surface area contributed by atoms with E-state index in [1.165, 1.54) is 4.68 Å². The molecule has 2 N–H and O–H groups in total. The summed E-state index contributed by atoms with van der Waals surface area (Å²) in [4.78, 5) is 16.8. The van der Waals surface area contributed by atoms with Crippen molar-refractivity contribution < 1.29 is 5.11 Å². The van der Waals surface area contributed by atoms with Crippen molar-refractivity contribution in [1.82, 2.24) is 14.8 Å². The van der Waals surface area contributed by atoms with Gasteiger partial charge in [-0.3, -0.25) is 9.89 Å². The number of pyridine rings is 1. The summed E-state index contributed by atoms with van der Waals surface area (Å²) in [6.07, 6.45) is 1.65. The average Bonchev–Trinajstić information content (AvgIpc) is 2.83. The minimum atomic E-state index is -0.136. The molecule has 3 aromatic rings. The first kappa shape index (κ1) is 13.3. The highest BCUT2D eigenvalue weighted by atomic mass is 16.3. The second kappa shape index (κ2) is 5.38. The smallest absolute Gasteiger partial charge is 0.280 e. The number of benzene rings is 1. The van der Waals surface area contributed by atoms with E-state index in [-0.39, 0.29) is 12.2 Å². The lowest BCUT2D eigenvalue weighted by atomic mass is 10.1. The molecule has 0 fully saturated rings. The van der Waals surface area contributed by atoms with Gasteiger partial charge in [0.15, 0.2) is 5.82 Å². The van der Waals surface area contributed by atoms with E-state index in [9.17, 15) is 4.79 Å². The molecule has 0 radical (unpaired) electrons. The van der Waals surface area contributed by atoms with Gasteiger partial charge < -0.3 is 5.11 Å². The van der Waals surface area contributed by atoms with Crippen LogP contribution in [0, 0.1) is 6.92 Å². The zero-order valence-corrected chi connectivity index (χ0v) is 11.6.